The van der Waals surface area contributed by atoms with Crippen molar-refractivity contribution < 1.29 is 35.9 Å². The van der Waals surface area contributed by atoms with Crippen molar-refractivity contribution in [2.45, 2.75) is 36.6 Å². The van der Waals surface area contributed by atoms with E-state index >= 15 is 0 Å². The highest BCUT2D eigenvalue weighted by atomic mass is 32.2. The highest BCUT2D eigenvalue weighted by Crippen LogP contribution is 2.32. The number of nitrogens with one attached hydrogen (secondary N) is 1. The summed E-state index contributed by atoms with van der Waals surface area (Å²) in [6.07, 6.45) is -2.74. The van der Waals surface area contributed by atoms with Crippen LogP contribution in [0.1, 0.15) is 29.3 Å². The molecule has 3 aromatic rings. The number of carboxylic acids is 1. The van der Waals surface area contributed by atoms with E-state index < -0.39 is 22.2 Å². The Kier molecular flexibility index (Phi) is 8.13. The maximum Gasteiger partial charge on any atom is 0.490 e. The van der Waals surface area contributed by atoms with Crippen molar-refractivity contribution in [2.75, 3.05) is 6.54 Å². The lowest BCUT2D eigenvalue weighted by atomic mass is 10.0. The Balaban J connectivity index is 0.000000406. The molecule has 0 saturated heterocycles. The molecule has 7 nitrogen and oxygen atoms in total. The average molecular weight is 497 g/mol. The van der Waals surface area contributed by atoms with Gasteiger partial charge >= 0.3 is 12.1 Å². The minimum atomic E-state index is -5.08. The lowest BCUT2D eigenvalue weighted by Crippen LogP contribution is -2.30. The first-order chi connectivity index (χ1) is 16.1. The minimum Gasteiger partial charge on any atom is -0.475 e. The van der Waals surface area contributed by atoms with E-state index in [2.05, 4.69) is 5.32 Å². The molecule has 4 rings (SSSR count). The molecule has 2 heterocycles. The van der Waals surface area contributed by atoms with Crippen LogP contribution in [-0.2, 0) is 27.9 Å². The number of sulfonamides is 1. The molecule has 1 aliphatic heterocycles. The van der Waals surface area contributed by atoms with Crippen molar-refractivity contribution in [1.29, 1.82) is 0 Å². The molecule has 0 radical (unpaired) electrons. The second-order valence-electron chi connectivity index (χ2n) is 7.47. The molecule has 0 bridgehead atoms. The third-order valence-corrected chi connectivity index (χ3v) is 7.05. The van der Waals surface area contributed by atoms with Gasteiger partial charge in [-0.05, 0) is 35.7 Å². The Labute approximate surface area is 194 Å². The summed E-state index contributed by atoms with van der Waals surface area (Å²) in [7, 11) is -3.55. The summed E-state index contributed by atoms with van der Waals surface area (Å²) >= 11 is 0. The molecular formula is C23H23F3N2O5S. The zero-order valence-corrected chi connectivity index (χ0v) is 18.7. The van der Waals surface area contributed by atoms with Gasteiger partial charge in [0.2, 0.25) is 10.0 Å². The van der Waals surface area contributed by atoms with Crippen LogP contribution in [0.25, 0.3) is 0 Å². The van der Waals surface area contributed by atoms with Crippen molar-refractivity contribution in [3.8, 4) is 0 Å². The van der Waals surface area contributed by atoms with Gasteiger partial charge in [-0.2, -0.15) is 17.5 Å². The smallest absolute Gasteiger partial charge is 0.475 e. The number of benzene rings is 2. The normalized spacial score (nSPS) is 17.7. The first-order valence-corrected chi connectivity index (χ1v) is 11.7. The second kappa shape index (κ2) is 10.9. The van der Waals surface area contributed by atoms with Crippen LogP contribution in [0.3, 0.4) is 0 Å². The van der Waals surface area contributed by atoms with Crippen LogP contribution in [0.2, 0.25) is 0 Å². The van der Waals surface area contributed by atoms with Crippen LogP contribution in [0.15, 0.2) is 82.3 Å². The first kappa shape index (κ1) is 25.5. The van der Waals surface area contributed by atoms with E-state index in [9.17, 15) is 21.6 Å². The van der Waals surface area contributed by atoms with Gasteiger partial charge in [-0.1, -0.05) is 48.5 Å². The number of furan rings is 1. The fourth-order valence-corrected chi connectivity index (χ4v) is 5.19. The summed E-state index contributed by atoms with van der Waals surface area (Å²) in [5, 5.41) is 10.6. The number of hydrogen-bond donors (Lipinski definition) is 2. The van der Waals surface area contributed by atoms with Crippen LogP contribution in [0.4, 0.5) is 13.2 Å². The second-order valence-corrected chi connectivity index (χ2v) is 9.37. The summed E-state index contributed by atoms with van der Waals surface area (Å²) in [6, 6.07) is 20.7. The van der Waals surface area contributed by atoms with Crippen molar-refractivity contribution in [3.63, 3.8) is 0 Å². The molecule has 182 valence electrons. The van der Waals surface area contributed by atoms with Gasteiger partial charge in [0.05, 0.1) is 17.7 Å². The molecule has 0 aliphatic carbocycles. The van der Waals surface area contributed by atoms with E-state index in [0.717, 1.165) is 16.9 Å². The molecule has 2 N–H and O–H groups in total. The van der Waals surface area contributed by atoms with Crippen LogP contribution < -0.4 is 5.32 Å². The number of fused-ring (bicyclic) bond motifs is 1. The maximum absolute atomic E-state index is 13.3. The number of carbonyl (C=O) groups is 1. The summed E-state index contributed by atoms with van der Waals surface area (Å²) in [6.45, 7) is 1.40. The van der Waals surface area contributed by atoms with Crippen molar-refractivity contribution in [2.24, 2.45) is 0 Å². The van der Waals surface area contributed by atoms with Gasteiger partial charge in [0.1, 0.15) is 5.76 Å². The van der Waals surface area contributed by atoms with Crippen molar-refractivity contribution >= 4 is 16.0 Å². The fourth-order valence-electron chi connectivity index (χ4n) is 3.49. The molecule has 0 fully saturated rings. The van der Waals surface area contributed by atoms with Crippen LogP contribution in [0, 0.1) is 0 Å². The third kappa shape index (κ3) is 6.46. The number of halogens is 3. The SMILES string of the molecule is O=C(O)C(F)(F)F.O=S1(=O)c2ccccc2C(NCc2ccco2)CCN1Cc1ccccc1. The molecule has 2 aromatic carbocycles. The highest BCUT2D eigenvalue weighted by Gasteiger charge is 2.38. The van der Waals surface area contributed by atoms with E-state index in [-0.39, 0.29) is 6.04 Å². The number of nitrogens with zero attached hydrogens (tertiary/aromatic N) is 1. The van der Waals surface area contributed by atoms with Gasteiger partial charge in [-0.3, -0.25) is 0 Å². The largest absolute Gasteiger partial charge is 0.490 e. The molecule has 1 aromatic heterocycles. The monoisotopic (exact) mass is 496 g/mol. The molecule has 34 heavy (non-hydrogen) atoms. The molecule has 11 heteroatoms. The van der Waals surface area contributed by atoms with E-state index in [1.165, 1.54) is 0 Å². The summed E-state index contributed by atoms with van der Waals surface area (Å²) < 4.78 is 65.3. The first-order valence-electron chi connectivity index (χ1n) is 10.3. The van der Waals surface area contributed by atoms with Gasteiger partial charge in [-0.15, -0.1) is 0 Å². The van der Waals surface area contributed by atoms with E-state index in [0.29, 0.717) is 31.0 Å². The lowest BCUT2D eigenvalue weighted by molar-refractivity contribution is -0.192. The topological polar surface area (TPSA) is 99.8 Å². The fraction of sp³-hybridized carbons (Fsp3) is 0.261. The van der Waals surface area contributed by atoms with Crippen LogP contribution >= 0.6 is 0 Å². The number of hydrogen-bond acceptors (Lipinski definition) is 5. The molecule has 1 aliphatic rings. The Bertz CT molecular complexity index is 1180. The number of aliphatic carboxylic acids is 1. The minimum absolute atomic E-state index is 0.0538. The molecular weight excluding hydrogens is 473 g/mol. The predicted octanol–water partition coefficient (Wildman–Crippen LogP) is 4.34. The maximum atomic E-state index is 13.3. The summed E-state index contributed by atoms with van der Waals surface area (Å²) in [5.41, 5.74) is 1.81. The Morgan fingerprint density at radius 1 is 1.06 bits per heavy atom. The number of alkyl halides is 3. The van der Waals surface area contributed by atoms with Gasteiger partial charge in [0.25, 0.3) is 0 Å². The standard InChI is InChI=1S/C21H22N2O3S.C2HF3O2/c24-27(25)21-11-5-4-10-19(21)20(22-15-18-9-6-14-26-18)12-13-23(27)16-17-7-2-1-3-8-17;3-2(4,5)1(6)7/h1-11,14,20,22H,12-13,15-16H2;(H,6,7). The molecule has 1 atom stereocenters. The van der Waals surface area contributed by atoms with Crippen molar-refractivity contribution in [1.82, 2.24) is 9.62 Å². The van der Waals surface area contributed by atoms with Crippen molar-refractivity contribution in [3.05, 3.63) is 89.9 Å². The lowest BCUT2D eigenvalue weighted by Gasteiger charge is -2.20. The summed E-state index contributed by atoms with van der Waals surface area (Å²) in [4.78, 5) is 9.28. The Hall–Kier alpha value is -3.15. The zero-order valence-electron chi connectivity index (χ0n) is 17.9. The van der Waals surface area contributed by atoms with E-state index in [4.69, 9.17) is 14.3 Å². The molecule has 1 unspecified atom stereocenters. The average Bonchev–Trinajstić information content (AvgIpc) is 3.29. The van der Waals surface area contributed by atoms with E-state index in [1.54, 1.807) is 22.7 Å². The number of carboxylic acid groups (broad SMARTS) is 1. The Morgan fingerprint density at radius 2 is 1.71 bits per heavy atom. The Morgan fingerprint density at radius 3 is 2.32 bits per heavy atom. The van der Waals surface area contributed by atoms with Crippen LogP contribution in [0.5, 0.6) is 0 Å². The quantitative estimate of drug-likeness (QED) is 0.545. The van der Waals surface area contributed by atoms with Crippen LogP contribution in [-0.4, -0.2) is 36.5 Å². The van der Waals surface area contributed by atoms with Gasteiger partial charge in [0, 0.05) is 19.1 Å². The third-order valence-electron chi connectivity index (χ3n) is 5.13. The highest BCUT2D eigenvalue weighted by molar-refractivity contribution is 7.89. The number of rotatable bonds is 5. The van der Waals surface area contributed by atoms with Gasteiger partial charge < -0.3 is 14.8 Å². The zero-order chi connectivity index (χ0) is 24.8. The molecule has 0 saturated carbocycles. The summed E-state index contributed by atoms with van der Waals surface area (Å²) in [5.74, 6) is -1.92. The van der Waals surface area contributed by atoms with Gasteiger partial charge in [0.15, 0.2) is 0 Å². The van der Waals surface area contributed by atoms with Gasteiger partial charge in [-0.25, -0.2) is 13.2 Å². The predicted molar refractivity (Wildman–Crippen MR) is 117 cm³/mol. The van der Waals surface area contributed by atoms with E-state index in [1.807, 2.05) is 54.6 Å². The molecule has 0 spiro atoms. The molecule has 0 amide bonds.